The number of aromatic nitrogens is 1. The zero-order valence-corrected chi connectivity index (χ0v) is 14.7. The Kier molecular flexibility index (Phi) is 4.12. The first-order valence-corrected chi connectivity index (χ1v) is 9.16. The molecule has 4 rings (SSSR count). The minimum absolute atomic E-state index is 0.0107. The number of hydrogen-bond donors (Lipinski definition) is 0. The number of piperidine rings is 1. The third-order valence-electron chi connectivity index (χ3n) is 5.89. The standard InChI is InChI=1S/C18H27N3O3/c1-3-23-10-13-6-7-20(2)18(9-13)11-21(12-18)17(22)15-8-16(24-19-15)14-4-5-14/h8,13-14H,3-7,9-12H2,1-2H3. The highest BCUT2D eigenvalue weighted by atomic mass is 16.5. The second-order valence-corrected chi connectivity index (χ2v) is 7.71. The van der Waals surface area contributed by atoms with E-state index in [0.717, 1.165) is 57.9 Å². The Morgan fingerprint density at radius 2 is 2.21 bits per heavy atom. The third kappa shape index (κ3) is 2.86. The molecule has 2 aliphatic heterocycles. The molecule has 1 unspecified atom stereocenters. The number of hydrogen-bond acceptors (Lipinski definition) is 5. The van der Waals surface area contributed by atoms with E-state index in [1.807, 2.05) is 17.9 Å². The smallest absolute Gasteiger partial charge is 0.276 e. The van der Waals surface area contributed by atoms with E-state index in [1.165, 1.54) is 6.42 Å². The van der Waals surface area contributed by atoms with Gasteiger partial charge in [0.15, 0.2) is 5.69 Å². The van der Waals surface area contributed by atoms with E-state index in [4.69, 9.17) is 9.26 Å². The molecule has 0 bridgehead atoms. The SMILES string of the molecule is CCOCC1CCN(C)C2(C1)CN(C(=O)c1cc(C3CC3)on1)C2. The van der Waals surface area contributed by atoms with Gasteiger partial charge in [-0.15, -0.1) is 0 Å². The Morgan fingerprint density at radius 3 is 2.92 bits per heavy atom. The van der Waals surface area contributed by atoms with Gasteiger partial charge in [0, 0.05) is 38.3 Å². The number of likely N-dealkylation sites (N-methyl/N-ethyl adjacent to an activating group) is 1. The summed E-state index contributed by atoms with van der Waals surface area (Å²) in [5.41, 5.74) is 0.592. The summed E-state index contributed by atoms with van der Waals surface area (Å²) in [6.45, 7) is 6.32. The Labute approximate surface area is 143 Å². The third-order valence-corrected chi connectivity index (χ3v) is 5.89. The molecule has 1 spiro atoms. The van der Waals surface area contributed by atoms with Crippen molar-refractivity contribution < 1.29 is 14.1 Å². The molecule has 0 N–H and O–H groups in total. The molecule has 0 radical (unpaired) electrons. The molecule has 3 heterocycles. The van der Waals surface area contributed by atoms with Gasteiger partial charge < -0.3 is 14.2 Å². The van der Waals surface area contributed by atoms with Gasteiger partial charge in [-0.25, -0.2) is 0 Å². The summed E-state index contributed by atoms with van der Waals surface area (Å²) in [6.07, 6.45) is 4.60. The first-order chi connectivity index (χ1) is 11.6. The number of amides is 1. The fraction of sp³-hybridized carbons (Fsp3) is 0.778. The van der Waals surface area contributed by atoms with E-state index in [-0.39, 0.29) is 11.4 Å². The van der Waals surface area contributed by atoms with Gasteiger partial charge in [0.2, 0.25) is 0 Å². The number of likely N-dealkylation sites (tertiary alicyclic amines) is 2. The highest BCUT2D eigenvalue weighted by Crippen LogP contribution is 2.41. The highest BCUT2D eigenvalue weighted by molar-refractivity contribution is 5.93. The molecule has 3 aliphatic rings. The number of carbonyl (C=O) groups excluding carboxylic acids is 1. The molecule has 1 aliphatic carbocycles. The lowest BCUT2D eigenvalue weighted by Crippen LogP contribution is -2.72. The maximum atomic E-state index is 12.6. The van der Waals surface area contributed by atoms with Gasteiger partial charge in [0.05, 0.1) is 5.54 Å². The molecule has 1 amide bonds. The fourth-order valence-corrected chi connectivity index (χ4v) is 4.13. The van der Waals surface area contributed by atoms with Crippen molar-refractivity contribution in [2.45, 2.75) is 44.1 Å². The molecule has 24 heavy (non-hydrogen) atoms. The molecule has 0 aromatic carbocycles. The summed E-state index contributed by atoms with van der Waals surface area (Å²) >= 11 is 0. The summed E-state index contributed by atoms with van der Waals surface area (Å²) in [7, 11) is 2.18. The Balaban J connectivity index is 1.37. The van der Waals surface area contributed by atoms with Crippen LogP contribution in [0.5, 0.6) is 0 Å². The predicted molar refractivity (Wildman–Crippen MR) is 89.0 cm³/mol. The molecule has 1 saturated carbocycles. The van der Waals surface area contributed by atoms with Gasteiger partial charge in [-0.3, -0.25) is 9.69 Å². The summed E-state index contributed by atoms with van der Waals surface area (Å²) in [6, 6.07) is 1.84. The number of nitrogens with zero attached hydrogens (tertiary/aromatic N) is 3. The van der Waals surface area contributed by atoms with Crippen LogP contribution >= 0.6 is 0 Å². The predicted octanol–water partition coefficient (Wildman–Crippen LogP) is 2.12. The molecule has 1 aromatic rings. The van der Waals surface area contributed by atoms with Crippen LogP contribution < -0.4 is 0 Å². The van der Waals surface area contributed by atoms with E-state index in [9.17, 15) is 4.79 Å². The molecular formula is C18H27N3O3. The Bertz CT molecular complexity index is 602. The van der Waals surface area contributed by atoms with Gasteiger partial charge in [-0.05, 0) is 52.1 Å². The number of carbonyl (C=O) groups is 1. The molecule has 6 heteroatoms. The summed E-state index contributed by atoms with van der Waals surface area (Å²) in [4.78, 5) is 17.0. The topological polar surface area (TPSA) is 58.8 Å². The Hall–Kier alpha value is -1.40. The second kappa shape index (κ2) is 6.15. The summed E-state index contributed by atoms with van der Waals surface area (Å²) < 4.78 is 10.9. The van der Waals surface area contributed by atoms with Crippen molar-refractivity contribution >= 4 is 5.91 Å². The average Bonchev–Trinajstić information content (AvgIpc) is 3.28. The van der Waals surface area contributed by atoms with Gasteiger partial charge in [0.1, 0.15) is 5.76 Å². The second-order valence-electron chi connectivity index (χ2n) is 7.71. The zero-order valence-electron chi connectivity index (χ0n) is 14.7. The first-order valence-electron chi connectivity index (χ1n) is 9.16. The Morgan fingerprint density at radius 1 is 1.42 bits per heavy atom. The van der Waals surface area contributed by atoms with Crippen molar-refractivity contribution in [2.24, 2.45) is 5.92 Å². The first kappa shape index (κ1) is 16.1. The van der Waals surface area contributed by atoms with Crippen molar-refractivity contribution in [1.29, 1.82) is 0 Å². The molecule has 2 saturated heterocycles. The van der Waals surface area contributed by atoms with Crippen LogP contribution in [0, 0.1) is 5.92 Å². The largest absolute Gasteiger partial charge is 0.381 e. The normalized spacial score (nSPS) is 26.6. The maximum absolute atomic E-state index is 12.6. The minimum Gasteiger partial charge on any atom is -0.381 e. The quantitative estimate of drug-likeness (QED) is 0.826. The van der Waals surface area contributed by atoms with Crippen molar-refractivity contribution in [1.82, 2.24) is 15.0 Å². The van der Waals surface area contributed by atoms with E-state index in [2.05, 4.69) is 17.1 Å². The van der Waals surface area contributed by atoms with E-state index in [1.54, 1.807) is 0 Å². The summed E-state index contributed by atoms with van der Waals surface area (Å²) in [5.74, 6) is 1.98. The van der Waals surface area contributed by atoms with Gasteiger partial charge in [-0.2, -0.15) is 0 Å². The monoisotopic (exact) mass is 333 g/mol. The van der Waals surface area contributed by atoms with Crippen molar-refractivity contribution in [3.63, 3.8) is 0 Å². The van der Waals surface area contributed by atoms with Crippen molar-refractivity contribution in [3.8, 4) is 0 Å². The van der Waals surface area contributed by atoms with Crippen LogP contribution in [-0.4, -0.2) is 66.3 Å². The number of ether oxygens (including phenoxy) is 1. The van der Waals surface area contributed by atoms with Crippen LogP contribution in [0.15, 0.2) is 10.6 Å². The van der Waals surface area contributed by atoms with Crippen LogP contribution in [0.1, 0.15) is 54.8 Å². The molecule has 6 nitrogen and oxygen atoms in total. The van der Waals surface area contributed by atoms with Crippen LogP contribution in [0.4, 0.5) is 0 Å². The zero-order chi connectivity index (χ0) is 16.7. The lowest BCUT2D eigenvalue weighted by atomic mass is 9.75. The number of rotatable bonds is 5. The molecule has 3 fully saturated rings. The molecular weight excluding hydrogens is 306 g/mol. The van der Waals surface area contributed by atoms with Crippen molar-refractivity contribution in [2.75, 3.05) is 39.9 Å². The van der Waals surface area contributed by atoms with E-state index in [0.29, 0.717) is 17.5 Å². The highest BCUT2D eigenvalue weighted by Gasteiger charge is 2.51. The van der Waals surface area contributed by atoms with Crippen LogP contribution in [0.25, 0.3) is 0 Å². The van der Waals surface area contributed by atoms with Crippen LogP contribution in [0.3, 0.4) is 0 Å². The minimum atomic E-state index is 0.0107. The van der Waals surface area contributed by atoms with Crippen LogP contribution in [0.2, 0.25) is 0 Å². The lowest BCUT2D eigenvalue weighted by Gasteiger charge is -2.58. The lowest BCUT2D eigenvalue weighted by molar-refractivity contribution is -0.0753. The van der Waals surface area contributed by atoms with E-state index >= 15 is 0 Å². The van der Waals surface area contributed by atoms with Gasteiger partial charge in [0.25, 0.3) is 5.91 Å². The van der Waals surface area contributed by atoms with Crippen LogP contribution in [-0.2, 0) is 4.74 Å². The molecule has 132 valence electrons. The van der Waals surface area contributed by atoms with Gasteiger partial charge in [-0.1, -0.05) is 5.16 Å². The molecule has 1 atom stereocenters. The fourth-order valence-electron chi connectivity index (χ4n) is 4.13. The van der Waals surface area contributed by atoms with Crippen molar-refractivity contribution in [3.05, 3.63) is 17.5 Å². The average molecular weight is 333 g/mol. The maximum Gasteiger partial charge on any atom is 0.276 e. The van der Waals surface area contributed by atoms with Gasteiger partial charge >= 0.3 is 0 Å². The van der Waals surface area contributed by atoms with E-state index < -0.39 is 0 Å². The molecule has 1 aromatic heterocycles. The summed E-state index contributed by atoms with van der Waals surface area (Å²) in [5, 5.41) is 3.99.